The van der Waals surface area contributed by atoms with Crippen LogP contribution in [0.2, 0.25) is 0 Å². The summed E-state index contributed by atoms with van der Waals surface area (Å²) in [5.41, 5.74) is 0.809. The summed E-state index contributed by atoms with van der Waals surface area (Å²) < 4.78 is 12.9. The molecule has 0 aliphatic carbocycles. The van der Waals surface area contributed by atoms with Crippen LogP contribution >= 0.6 is 12.6 Å². The van der Waals surface area contributed by atoms with E-state index in [9.17, 15) is 14.0 Å². The zero-order valence-electron chi connectivity index (χ0n) is 11.3. The molecule has 0 aromatic heterocycles. The van der Waals surface area contributed by atoms with Gasteiger partial charge >= 0.3 is 5.97 Å². The third-order valence-electron chi connectivity index (χ3n) is 3.26. The Morgan fingerprint density at radius 1 is 1.30 bits per heavy atom. The van der Waals surface area contributed by atoms with Crippen molar-refractivity contribution < 1.29 is 19.1 Å². The van der Waals surface area contributed by atoms with Crippen molar-refractivity contribution >= 4 is 24.5 Å². The Hall–Kier alpha value is -1.56. The number of carboxylic acids is 1. The van der Waals surface area contributed by atoms with Gasteiger partial charge in [0.15, 0.2) is 0 Å². The minimum absolute atomic E-state index is 0.186. The van der Waals surface area contributed by atoms with Gasteiger partial charge in [-0.3, -0.25) is 9.59 Å². The van der Waals surface area contributed by atoms with Gasteiger partial charge in [0.25, 0.3) is 0 Å². The summed E-state index contributed by atoms with van der Waals surface area (Å²) in [7, 11) is 0. The highest BCUT2D eigenvalue weighted by Gasteiger charge is 2.27. The Balaban J connectivity index is 2.81. The molecule has 3 atom stereocenters. The van der Waals surface area contributed by atoms with Gasteiger partial charge in [0, 0.05) is 5.75 Å². The first-order chi connectivity index (χ1) is 9.36. The minimum Gasteiger partial charge on any atom is -0.480 e. The van der Waals surface area contributed by atoms with E-state index in [0.717, 1.165) is 5.56 Å². The summed E-state index contributed by atoms with van der Waals surface area (Å²) in [6.45, 7) is 3.23. The maximum absolute atomic E-state index is 12.9. The maximum Gasteiger partial charge on any atom is 0.325 e. The molecule has 20 heavy (non-hydrogen) atoms. The molecule has 0 aliphatic rings. The van der Waals surface area contributed by atoms with Crippen molar-refractivity contribution in [1.29, 1.82) is 0 Å². The summed E-state index contributed by atoms with van der Waals surface area (Å²) in [6.07, 6.45) is 0. The number of thiol groups is 1. The van der Waals surface area contributed by atoms with E-state index in [1.165, 1.54) is 19.1 Å². The summed E-state index contributed by atoms with van der Waals surface area (Å²) in [6, 6.07) is 4.94. The molecule has 6 heteroatoms. The summed E-state index contributed by atoms with van der Waals surface area (Å²) in [5.74, 6) is -2.19. The van der Waals surface area contributed by atoms with E-state index >= 15 is 0 Å². The molecule has 0 aliphatic heterocycles. The third kappa shape index (κ3) is 4.23. The van der Waals surface area contributed by atoms with Crippen LogP contribution in [0.15, 0.2) is 24.3 Å². The van der Waals surface area contributed by atoms with Gasteiger partial charge in [0.1, 0.15) is 11.9 Å². The smallest absolute Gasteiger partial charge is 0.325 e. The molecule has 1 amide bonds. The molecule has 1 aromatic carbocycles. The number of hydrogen-bond acceptors (Lipinski definition) is 3. The number of benzene rings is 1. The number of carbonyl (C=O) groups is 2. The van der Waals surface area contributed by atoms with Crippen molar-refractivity contribution in [3.63, 3.8) is 0 Å². The van der Waals surface area contributed by atoms with Gasteiger partial charge in [-0.25, -0.2) is 4.39 Å². The van der Waals surface area contributed by atoms with Gasteiger partial charge in [-0.05, 0) is 30.5 Å². The predicted molar refractivity (Wildman–Crippen MR) is 77.4 cm³/mol. The average molecular weight is 299 g/mol. The van der Waals surface area contributed by atoms with Gasteiger partial charge < -0.3 is 10.4 Å². The second kappa shape index (κ2) is 7.28. The van der Waals surface area contributed by atoms with Crippen LogP contribution in [-0.2, 0) is 9.59 Å². The van der Waals surface area contributed by atoms with Crippen molar-refractivity contribution in [2.45, 2.75) is 25.8 Å². The van der Waals surface area contributed by atoms with E-state index < -0.39 is 17.9 Å². The SMILES string of the molecule is CC(c1ccc(F)cc1)C(CS)C(=O)N[C@@H](C)C(=O)O. The molecule has 0 saturated carbocycles. The molecule has 0 heterocycles. The van der Waals surface area contributed by atoms with Crippen LogP contribution in [-0.4, -0.2) is 28.8 Å². The lowest BCUT2D eigenvalue weighted by Gasteiger charge is -2.23. The predicted octanol–water partition coefficient (Wildman–Crippen LogP) is 2.06. The van der Waals surface area contributed by atoms with Crippen molar-refractivity contribution in [2.75, 3.05) is 5.75 Å². The van der Waals surface area contributed by atoms with E-state index in [1.54, 1.807) is 12.1 Å². The standard InChI is InChI=1S/C14H18FNO3S/c1-8(10-3-5-11(15)6-4-10)12(7-20)13(17)16-9(2)14(18)19/h3-6,8-9,12,20H,7H2,1-2H3,(H,16,17)(H,18,19)/t8?,9-,12?/m0/s1. The Morgan fingerprint density at radius 2 is 1.85 bits per heavy atom. The fourth-order valence-corrected chi connectivity index (χ4v) is 2.33. The number of halogens is 1. The Kier molecular flexibility index (Phi) is 6.01. The second-order valence-electron chi connectivity index (χ2n) is 4.70. The van der Waals surface area contributed by atoms with E-state index in [0.29, 0.717) is 0 Å². The lowest BCUT2D eigenvalue weighted by molar-refractivity contribution is -0.141. The largest absolute Gasteiger partial charge is 0.480 e. The first kappa shape index (κ1) is 16.5. The van der Waals surface area contributed by atoms with Crippen LogP contribution in [0.1, 0.15) is 25.3 Å². The first-order valence-electron chi connectivity index (χ1n) is 6.26. The quantitative estimate of drug-likeness (QED) is 0.704. The number of carbonyl (C=O) groups excluding carboxylic acids is 1. The van der Waals surface area contributed by atoms with Crippen molar-refractivity contribution in [1.82, 2.24) is 5.32 Å². The number of rotatable bonds is 6. The van der Waals surface area contributed by atoms with Gasteiger partial charge in [0.2, 0.25) is 5.91 Å². The molecule has 110 valence electrons. The molecule has 0 saturated heterocycles. The maximum atomic E-state index is 12.9. The number of aliphatic carboxylic acids is 1. The average Bonchev–Trinajstić information content (AvgIpc) is 2.39. The zero-order chi connectivity index (χ0) is 15.3. The highest BCUT2D eigenvalue weighted by Crippen LogP contribution is 2.25. The Morgan fingerprint density at radius 3 is 2.30 bits per heavy atom. The van der Waals surface area contributed by atoms with Crippen LogP contribution in [0.3, 0.4) is 0 Å². The van der Waals surface area contributed by atoms with Crippen LogP contribution in [0.25, 0.3) is 0 Å². The van der Waals surface area contributed by atoms with Gasteiger partial charge in [-0.1, -0.05) is 19.1 Å². The van der Waals surface area contributed by atoms with Gasteiger partial charge in [-0.15, -0.1) is 0 Å². The molecule has 0 spiro atoms. The molecule has 4 nitrogen and oxygen atoms in total. The summed E-state index contributed by atoms with van der Waals surface area (Å²) in [5, 5.41) is 11.2. The van der Waals surface area contributed by atoms with Crippen LogP contribution in [0.5, 0.6) is 0 Å². The number of hydrogen-bond donors (Lipinski definition) is 3. The van der Waals surface area contributed by atoms with Crippen LogP contribution < -0.4 is 5.32 Å². The summed E-state index contributed by atoms with van der Waals surface area (Å²) >= 11 is 4.16. The van der Waals surface area contributed by atoms with Crippen LogP contribution in [0.4, 0.5) is 4.39 Å². The molecule has 0 bridgehead atoms. The Bertz CT molecular complexity index is 478. The second-order valence-corrected chi connectivity index (χ2v) is 5.06. The monoisotopic (exact) mass is 299 g/mol. The fourth-order valence-electron chi connectivity index (χ4n) is 1.85. The molecule has 1 aromatic rings. The minimum atomic E-state index is -1.09. The molecule has 2 unspecified atom stereocenters. The van der Waals surface area contributed by atoms with E-state index in [-0.39, 0.29) is 23.4 Å². The van der Waals surface area contributed by atoms with E-state index in [4.69, 9.17) is 5.11 Å². The normalized spacial score (nSPS) is 15.2. The number of amides is 1. The van der Waals surface area contributed by atoms with Crippen LogP contribution in [0, 0.1) is 11.7 Å². The van der Waals surface area contributed by atoms with Crippen molar-refractivity contribution in [3.05, 3.63) is 35.6 Å². The zero-order valence-corrected chi connectivity index (χ0v) is 12.2. The topological polar surface area (TPSA) is 66.4 Å². The molecular formula is C14H18FNO3S. The highest BCUT2D eigenvalue weighted by atomic mass is 32.1. The number of carboxylic acid groups (broad SMARTS) is 1. The lowest BCUT2D eigenvalue weighted by Crippen LogP contribution is -2.43. The molecular weight excluding hydrogens is 281 g/mol. The molecule has 1 rings (SSSR count). The van der Waals surface area contributed by atoms with E-state index in [2.05, 4.69) is 17.9 Å². The van der Waals surface area contributed by atoms with Crippen molar-refractivity contribution in [2.24, 2.45) is 5.92 Å². The van der Waals surface area contributed by atoms with Crippen molar-refractivity contribution in [3.8, 4) is 0 Å². The molecule has 0 radical (unpaired) electrons. The lowest BCUT2D eigenvalue weighted by atomic mass is 9.88. The number of nitrogens with one attached hydrogen (secondary N) is 1. The highest BCUT2D eigenvalue weighted by molar-refractivity contribution is 7.80. The summed E-state index contributed by atoms with van der Waals surface area (Å²) in [4.78, 5) is 22.8. The Labute approximate surface area is 122 Å². The van der Waals surface area contributed by atoms with Gasteiger partial charge in [0.05, 0.1) is 5.92 Å². The van der Waals surface area contributed by atoms with E-state index in [1.807, 2.05) is 6.92 Å². The van der Waals surface area contributed by atoms with Gasteiger partial charge in [-0.2, -0.15) is 12.6 Å². The fraction of sp³-hybridized carbons (Fsp3) is 0.429. The first-order valence-corrected chi connectivity index (χ1v) is 6.89. The molecule has 0 fully saturated rings. The molecule has 2 N–H and O–H groups in total. The third-order valence-corrected chi connectivity index (χ3v) is 3.66.